The number of nitrogen functional groups attached to an aromatic ring is 1. The van der Waals surface area contributed by atoms with Crippen LogP contribution >= 0.6 is 11.8 Å². The summed E-state index contributed by atoms with van der Waals surface area (Å²) < 4.78 is 1.53. The number of thioether (sulfide) groups is 1. The molecule has 5 nitrogen and oxygen atoms in total. The molecule has 0 radical (unpaired) electrons. The van der Waals surface area contributed by atoms with E-state index in [4.69, 9.17) is 5.73 Å². The summed E-state index contributed by atoms with van der Waals surface area (Å²) in [7, 11) is 1.72. The molecule has 3 N–H and O–H groups in total. The highest BCUT2D eigenvalue weighted by atomic mass is 32.2. The number of aromatic nitrogens is 2. The number of amides is 1. The third-order valence-electron chi connectivity index (χ3n) is 3.04. The van der Waals surface area contributed by atoms with Gasteiger partial charge in [0.1, 0.15) is 5.69 Å². The van der Waals surface area contributed by atoms with Crippen molar-refractivity contribution in [2.24, 2.45) is 7.05 Å². The molecule has 0 aliphatic carbocycles. The lowest BCUT2D eigenvalue weighted by molar-refractivity contribution is 0.101. The van der Waals surface area contributed by atoms with Crippen molar-refractivity contribution >= 4 is 29.0 Å². The number of carbonyl (C=O) groups is 1. The van der Waals surface area contributed by atoms with Crippen molar-refractivity contribution in [1.82, 2.24) is 9.78 Å². The summed E-state index contributed by atoms with van der Waals surface area (Å²) in [4.78, 5) is 13.4. The third-order valence-corrected chi connectivity index (χ3v) is 3.76. The molecule has 6 heteroatoms. The van der Waals surface area contributed by atoms with Crippen LogP contribution in [0.3, 0.4) is 0 Å². The van der Waals surface area contributed by atoms with E-state index >= 15 is 0 Å². The number of hydrogen-bond acceptors (Lipinski definition) is 4. The second-order valence-corrected chi connectivity index (χ2v) is 5.25. The number of aryl methyl sites for hydroxylation is 2. The van der Waals surface area contributed by atoms with E-state index < -0.39 is 0 Å². The summed E-state index contributed by atoms with van der Waals surface area (Å²) in [6, 6.07) is 7.68. The second kappa shape index (κ2) is 6.00. The smallest absolute Gasteiger partial charge is 0.276 e. The fraction of sp³-hybridized carbons (Fsp3) is 0.286. The lowest BCUT2D eigenvalue weighted by Crippen LogP contribution is -2.17. The Balaban J connectivity index is 2.26. The van der Waals surface area contributed by atoms with Crippen LogP contribution in [0.1, 0.15) is 23.1 Å². The Labute approximate surface area is 122 Å². The zero-order valence-electron chi connectivity index (χ0n) is 11.8. The number of benzene rings is 1. The second-order valence-electron chi connectivity index (χ2n) is 4.37. The summed E-state index contributed by atoms with van der Waals surface area (Å²) >= 11 is 1.63. The van der Waals surface area contributed by atoms with E-state index in [0.29, 0.717) is 17.8 Å². The third kappa shape index (κ3) is 2.80. The Morgan fingerprint density at radius 3 is 2.85 bits per heavy atom. The van der Waals surface area contributed by atoms with Gasteiger partial charge in [-0.1, -0.05) is 13.0 Å². The highest BCUT2D eigenvalue weighted by molar-refractivity contribution is 7.98. The quantitative estimate of drug-likeness (QED) is 0.849. The van der Waals surface area contributed by atoms with Crippen molar-refractivity contribution < 1.29 is 4.79 Å². The molecular weight excluding hydrogens is 272 g/mol. The van der Waals surface area contributed by atoms with Crippen LogP contribution in [0.15, 0.2) is 29.2 Å². The average Bonchev–Trinajstić information content (AvgIpc) is 2.73. The van der Waals surface area contributed by atoms with E-state index in [2.05, 4.69) is 10.4 Å². The lowest BCUT2D eigenvalue weighted by atomic mass is 10.2. The molecule has 2 aromatic rings. The maximum Gasteiger partial charge on any atom is 0.276 e. The van der Waals surface area contributed by atoms with Gasteiger partial charge in [-0.2, -0.15) is 5.10 Å². The molecule has 0 unspecified atom stereocenters. The molecule has 1 amide bonds. The monoisotopic (exact) mass is 290 g/mol. The van der Waals surface area contributed by atoms with E-state index in [0.717, 1.165) is 16.3 Å². The van der Waals surface area contributed by atoms with Crippen LogP contribution in [-0.4, -0.2) is 21.9 Å². The van der Waals surface area contributed by atoms with E-state index in [-0.39, 0.29) is 5.91 Å². The number of nitrogens with zero attached hydrogens (tertiary/aromatic N) is 2. The van der Waals surface area contributed by atoms with Crippen molar-refractivity contribution in [2.75, 3.05) is 17.3 Å². The summed E-state index contributed by atoms with van der Waals surface area (Å²) in [6.45, 7) is 1.96. The normalized spacial score (nSPS) is 10.6. The first-order valence-corrected chi connectivity index (χ1v) is 7.56. The minimum absolute atomic E-state index is 0.240. The first-order valence-electron chi connectivity index (χ1n) is 6.33. The summed E-state index contributed by atoms with van der Waals surface area (Å²) in [5, 5.41) is 7.11. The van der Waals surface area contributed by atoms with Gasteiger partial charge in [0.2, 0.25) is 0 Å². The number of nitrogens with two attached hydrogens (primary N) is 1. The number of hydrogen-bond donors (Lipinski definition) is 2. The topological polar surface area (TPSA) is 72.9 Å². The fourth-order valence-electron chi connectivity index (χ4n) is 2.02. The molecule has 0 spiro atoms. The van der Waals surface area contributed by atoms with E-state index in [9.17, 15) is 4.79 Å². The number of nitrogens with one attached hydrogen (secondary N) is 1. The highest BCUT2D eigenvalue weighted by Crippen LogP contribution is 2.21. The predicted molar refractivity (Wildman–Crippen MR) is 83.2 cm³/mol. The molecule has 0 aliphatic heterocycles. The Kier molecular flexibility index (Phi) is 4.34. The zero-order valence-corrected chi connectivity index (χ0v) is 12.6. The minimum Gasteiger partial charge on any atom is -0.395 e. The first-order chi connectivity index (χ1) is 9.56. The number of anilines is 2. The Hall–Kier alpha value is -1.95. The van der Waals surface area contributed by atoms with Crippen LogP contribution in [0.2, 0.25) is 0 Å². The van der Waals surface area contributed by atoms with Gasteiger partial charge in [0.15, 0.2) is 0 Å². The average molecular weight is 290 g/mol. The first kappa shape index (κ1) is 14.5. The molecule has 1 heterocycles. The predicted octanol–water partition coefficient (Wildman–Crippen LogP) is 2.54. The maximum absolute atomic E-state index is 12.3. The van der Waals surface area contributed by atoms with Crippen molar-refractivity contribution in [1.29, 1.82) is 0 Å². The molecule has 1 aromatic carbocycles. The molecule has 20 heavy (non-hydrogen) atoms. The molecule has 0 fully saturated rings. The summed E-state index contributed by atoms with van der Waals surface area (Å²) in [5.74, 6) is -0.240. The van der Waals surface area contributed by atoms with Gasteiger partial charge >= 0.3 is 0 Å². The Bertz CT molecular complexity index is 636. The van der Waals surface area contributed by atoms with Gasteiger partial charge in [-0.3, -0.25) is 9.48 Å². The molecule has 2 rings (SSSR count). The van der Waals surface area contributed by atoms with Crippen molar-refractivity contribution in [2.45, 2.75) is 18.2 Å². The SMILES string of the molecule is CCc1nn(C)c(C(=O)Nc2cccc(SC)c2)c1N. The van der Waals surface area contributed by atoms with Gasteiger partial charge in [0, 0.05) is 17.6 Å². The van der Waals surface area contributed by atoms with Crippen LogP contribution in [0.25, 0.3) is 0 Å². The molecule has 106 valence electrons. The van der Waals surface area contributed by atoms with E-state index in [1.807, 2.05) is 37.4 Å². The summed E-state index contributed by atoms with van der Waals surface area (Å²) in [5.41, 5.74) is 8.33. The molecule has 1 aromatic heterocycles. The lowest BCUT2D eigenvalue weighted by Gasteiger charge is -2.07. The largest absolute Gasteiger partial charge is 0.395 e. The van der Waals surface area contributed by atoms with Gasteiger partial charge < -0.3 is 11.1 Å². The minimum atomic E-state index is -0.240. The van der Waals surface area contributed by atoms with Crippen LogP contribution in [0.5, 0.6) is 0 Å². The van der Waals surface area contributed by atoms with Gasteiger partial charge in [0.25, 0.3) is 5.91 Å². The Morgan fingerprint density at radius 2 is 2.25 bits per heavy atom. The van der Waals surface area contributed by atoms with Crippen molar-refractivity contribution in [3.05, 3.63) is 35.7 Å². The fourth-order valence-corrected chi connectivity index (χ4v) is 2.48. The van der Waals surface area contributed by atoms with Crippen LogP contribution in [-0.2, 0) is 13.5 Å². The molecule has 0 aliphatic rings. The van der Waals surface area contributed by atoms with Crippen molar-refractivity contribution in [3.8, 4) is 0 Å². The van der Waals surface area contributed by atoms with E-state index in [1.165, 1.54) is 4.68 Å². The molecular formula is C14H18N4OS. The van der Waals surface area contributed by atoms with E-state index in [1.54, 1.807) is 18.8 Å². The van der Waals surface area contributed by atoms with Gasteiger partial charge in [-0.15, -0.1) is 11.8 Å². The Morgan fingerprint density at radius 1 is 1.50 bits per heavy atom. The molecule has 0 saturated heterocycles. The molecule has 0 saturated carbocycles. The molecule has 0 atom stereocenters. The summed E-state index contributed by atoms with van der Waals surface area (Å²) in [6.07, 6.45) is 2.70. The van der Waals surface area contributed by atoms with Gasteiger partial charge in [0.05, 0.1) is 11.4 Å². The van der Waals surface area contributed by atoms with Crippen LogP contribution < -0.4 is 11.1 Å². The van der Waals surface area contributed by atoms with Crippen LogP contribution in [0.4, 0.5) is 11.4 Å². The number of rotatable bonds is 4. The van der Waals surface area contributed by atoms with Crippen LogP contribution in [0, 0.1) is 0 Å². The highest BCUT2D eigenvalue weighted by Gasteiger charge is 2.19. The zero-order chi connectivity index (χ0) is 14.7. The van der Waals surface area contributed by atoms with Crippen molar-refractivity contribution in [3.63, 3.8) is 0 Å². The maximum atomic E-state index is 12.3. The molecule has 0 bridgehead atoms. The standard InChI is InChI=1S/C14H18N4OS/c1-4-11-12(15)13(18(2)17-11)14(19)16-9-6-5-7-10(8-9)20-3/h5-8H,4,15H2,1-3H3,(H,16,19). The van der Waals surface area contributed by atoms with Gasteiger partial charge in [-0.05, 0) is 30.9 Å². The number of carbonyl (C=O) groups excluding carboxylic acids is 1. The van der Waals surface area contributed by atoms with Gasteiger partial charge in [-0.25, -0.2) is 0 Å².